The molecule has 0 aromatic heterocycles. The third-order valence-corrected chi connectivity index (χ3v) is 5.69. The first kappa shape index (κ1) is 21.6. The number of carbonyl (C=O) groups excluding carboxylic acids is 2. The van der Waals surface area contributed by atoms with Gasteiger partial charge in [0.15, 0.2) is 5.76 Å². The summed E-state index contributed by atoms with van der Waals surface area (Å²) in [4.78, 5) is 25.4. The number of halogens is 2. The number of allylic oxidation sites excluding steroid dienone is 1. The number of ether oxygens (including phenoxy) is 4. The third-order valence-electron chi connectivity index (χ3n) is 5.69. The van der Waals surface area contributed by atoms with Gasteiger partial charge in [-0.2, -0.15) is 8.78 Å². The molecule has 0 fully saturated rings. The van der Waals surface area contributed by atoms with Crippen molar-refractivity contribution in [3.05, 3.63) is 88.7 Å². The first-order chi connectivity index (χ1) is 16.4. The number of fused-ring (bicyclic) bond motifs is 3. The molecule has 0 saturated heterocycles. The van der Waals surface area contributed by atoms with Crippen molar-refractivity contribution in [1.82, 2.24) is 0 Å². The van der Waals surface area contributed by atoms with Crippen molar-refractivity contribution in [2.75, 3.05) is 7.11 Å². The Kier molecular flexibility index (Phi) is 5.49. The van der Waals surface area contributed by atoms with Gasteiger partial charge in [-0.1, -0.05) is 30.3 Å². The summed E-state index contributed by atoms with van der Waals surface area (Å²) in [5.41, 5.74) is 2.04. The quantitative estimate of drug-likeness (QED) is 0.288. The summed E-state index contributed by atoms with van der Waals surface area (Å²) in [6, 6.07) is 16.4. The molecule has 1 unspecified atom stereocenters. The number of hydrogen-bond acceptors (Lipinski definition) is 6. The van der Waals surface area contributed by atoms with Crippen molar-refractivity contribution in [3.63, 3.8) is 0 Å². The fraction of sp³-hybridized carbons (Fsp3) is 0.154. The third kappa shape index (κ3) is 3.87. The minimum Gasteiger partial charge on any atom is -0.496 e. The minimum absolute atomic E-state index is 0.0330. The molecule has 8 heteroatoms. The summed E-state index contributed by atoms with van der Waals surface area (Å²) >= 11 is 0. The fourth-order valence-electron chi connectivity index (χ4n) is 4.23. The molecule has 3 aromatic carbocycles. The number of para-hydroxylation sites is 1. The van der Waals surface area contributed by atoms with Gasteiger partial charge < -0.3 is 18.9 Å². The Bertz CT molecular complexity index is 1330. The SMILES string of the molecule is COc1ccccc1/C=C1\Oc2c(ccc3c2C(c2cccc(OC(F)F)c2)CC(=O)O3)C1=O. The Hall–Kier alpha value is -4.20. The molecule has 2 aliphatic rings. The highest BCUT2D eigenvalue weighted by Crippen LogP contribution is 2.49. The number of rotatable bonds is 5. The normalized spacial score (nSPS) is 17.8. The Morgan fingerprint density at radius 1 is 1.03 bits per heavy atom. The second kappa shape index (κ2) is 8.62. The predicted octanol–water partition coefficient (Wildman–Crippen LogP) is 5.35. The second-order valence-electron chi connectivity index (χ2n) is 7.72. The lowest BCUT2D eigenvalue weighted by atomic mass is 9.84. The van der Waals surface area contributed by atoms with E-state index in [1.165, 1.54) is 19.2 Å². The first-order valence-electron chi connectivity index (χ1n) is 10.4. The van der Waals surface area contributed by atoms with Crippen LogP contribution in [0.4, 0.5) is 8.78 Å². The topological polar surface area (TPSA) is 71.1 Å². The van der Waals surface area contributed by atoms with Gasteiger partial charge >= 0.3 is 12.6 Å². The van der Waals surface area contributed by atoms with Crippen molar-refractivity contribution in [3.8, 4) is 23.0 Å². The monoisotopic (exact) mass is 464 g/mol. The maximum Gasteiger partial charge on any atom is 0.387 e. The van der Waals surface area contributed by atoms with Gasteiger partial charge in [0, 0.05) is 17.0 Å². The van der Waals surface area contributed by atoms with E-state index in [4.69, 9.17) is 14.2 Å². The predicted molar refractivity (Wildman–Crippen MR) is 118 cm³/mol. The van der Waals surface area contributed by atoms with Gasteiger partial charge in [-0.05, 0) is 42.0 Å². The molecular formula is C26H18F2O6. The van der Waals surface area contributed by atoms with Crippen molar-refractivity contribution in [2.24, 2.45) is 0 Å². The first-order valence-corrected chi connectivity index (χ1v) is 10.4. The summed E-state index contributed by atoms with van der Waals surface area (Å²) in [5.74, 6) is -0.209. The minimum atomic E-state index is -2.98. The number of esters is 1. The van der Waals surface area contributed by atoms with E-state index >= 15 is 0 Å². The zero-order valence-electron chi connectivity index (χ0n) is 17.9. The lowest BCUT2D eigenvalue weighted by Crippen LogP contribution is -2.21. The molecule has 0 amide bonds. The van der Waals surface area contributed by atoms with E-state index in [0.29, 0.717) is 28.0 Å². The average Bonchev–Trinajstić information content (AvgIpc) is 3.13. The summed E-state index contributed by atoms with van der Waals surface area (Å²) < 4.78 is 46.7. The molecular weight excluding hydrogens is 446 g/mol. The van der Waals surface area contributed by atoms with Crippen LogP contribution in [0.15, 0.2) is 66.4 Å². The molecule has 172 valence electrons. The summed E-state index contributed by atoms with van der Waals surface area (Å²) in [7, 11) is 1.53. The largest absolute Gasteiger partial charge is 0.496 e. The number of ketones is 1. The van der Waals surface area contributed by atoms with Gasteiger partial charge in [-0.15, -0.1) is 0 Å². The molecule has 6 nitrogen and oxygen atoms in total. The van der Waals surface area contributed by atoms with E-state index in [-0.39, 0.29) is 35.2 Å². The molecule has 5 rings (SSSR count). The molecule has 0 aliphatic carbocycles. The van der Waals surface area contributed by atoms with Crippen LogP contribution >= 0.6 is 0 Å². The zero-order chi connectivity index (χ0) is 23.8. The van der Waals surface area contributed by atoms with Crippen LogP contribution < -0.4 is 18.9 Å². The van der Waals surface area contributed by atoms with E-state index < -0.39 is 18.5 Å². The molecule has 2 aliphatic heterocycles. The molecule has 0 spiro atoms. The molecule has 0 saturated carbocycles. The highest BCUT2D eigenvalue weighted by Gasteiger charge is 2.38. The van der Waals surface area contributed by atoms with E-state index in [0.717, 1.165) is 0 Å². The van der Waals surface area contributed by atoms with Crippen molar-refractivity contribution in [1.29, 1.82) is 0 Å². The van der Waals surface area contributed by atoms with Gasteiger partial charge in [0.25, 0.3) is 0 Å². The Labute approximate surface area is 193 Å². The van der Waals surface area contributed by atoms with Crippen LogP contribution in [0.5, 0.6) is 23.0 Å². The average molecular weight is 464 g/mol. The summed E-state index contributed by atoms with van der Waals surface area (Å²) in [5, 5.41) is 0. The van der Waals surface area contributed by atoms with E-state index in [1.54, 1.807) is 42.5 Å². The number of methoxy groups -OCH3 is 1. The van der Waals surface area contributed by atoms with Gasteiger partial charge in [-0.3, -0.25) is 9.59 Å². The summed E-state index contributed by atoms with van der Waals surface area (Å²) in [6.07, 6.45) is 1.54. The van der Waals surface area contributed by atoms with Crippen LogP contribution in [-0.4, -0.2) is 25.5 Å². The number of alkyl halides is 2. The number of hydrogen-bond donors (Lipinski definition) is 0. The lowest BCUT2D eigenvalue weighted by Gasteiger charge is -2.26. The van der Waals surface area contributed by atoms with Crippen LogP contribution in [-0.2, 0) is 4.79 Å². The molecule has 0 bridgehead atoms. The standard InChI is InChI=1S/C26H18F2O6/c1-31-19-8-3-2-5-15(19)12-21-24(30)17-9-10-20-23(25(17)34-21)18(13-22(29)33-20)14-6-4-7-16(11-14)32-26(27)28/h2-12,18,26H,13H2,1H3/b21-12-. The Morgan fingerprint density at radius 2 is 1.85 bits per heavy atom. The number of carbonyl (C=O) groups is 2. The van der Waals surface area contributed by atoms with E-state index in [9.17, 15) is 18.4 Å². The molecule has 34 heavy (non-hydrogen) atoms. The van der Waals surface area contributed by atoms with Crippen molar-refractivity contribution < 1.29 is 37.3 Å². The second-order valence-corrected chi connectivity index (χ2v) is 7.72. The van der Waals surface area contributed by atoms with Crippen LogP contribution in [0.3, 0.4) is 0 Å². The molecule has 0 N–H and O–H groups in total. The van der Waals surface area contributed by atoms with Gasteiger partial charge in [-0.25, -0.2) is 0 Å². The maximum absolute atomic E-state index is 13.1. The zero-order valence-corrected chi connectivity index (χ0v) is 17.9. The Balaban J connectivity index is 1.59. The highest BCUT2D eigenvalue weighted by molar-refractivity contribution is 6.15. The molecule has 3 aromatic rings. The van der Waals surface area contributed by atoms with Crippen LogP contribution in [0.1, 0.15) is 39.4 Å². The van der Waals surface area contributed by atoms with Crippen LogP contribution in [0, 0.1) is 0 Å². The molecule has 0 radical (unpaired) electrons. The number of Topliss-reactive ketones (excluding diaryl/α,β-unsaturated/α-hetero) is 1. The smallest absolute Gasteiger partial charge is 0.387 e. The lowest BCUT2D eigenvalue weighted by molar-refractivity contribution is -0.135. The van der Waals surface area contributed by atoms with Crippen molar-refractivity contribution >= 4 is 17.8 Å². The highest BCUT2D eigenvalue weighted by atomic mass is 19.3. The van der Waals surface area contributed by atoms with E-state index in [1.807, 2.05) is 12.1 Å². The summed E-state index contributed by atoms with van der Waals surface area (Å²) in [6.45, 7) is -2.98. The van der Waals surface area contributed by atoms with Gasteiger partial charge in [0.2, 0.25) is 5.78 Å². The molecule has 2 heterocycles. The fourth-order valence-corrected chi connectivity index (χ4v) is 4.23. The van der Waals surface area contributed by atoms with Crippen molar-refractivity contribution in [2.45, 2.75) is 19.0 Å². The maximum atomic E-state index is 13.1. The van der Waals surface area contributed by atoms with E-state index in [2.05, 4.69) is 4.74 Å². The van der Waals surface area contributed by atoms with Gasteiger partial charge in [0.05, 0.1) is 19.1 Å². The van der Waals surface area contributed by atoms with Crippen LogP contribution in [0.2, 0.25) is 0 Å². The molecule has 1 atom stereocenters. The van der Waals surface area contributed by atoms with Gasteiger partial charge in [0.1, 0.15) is 23.0 Å². The Morgan fingerprint density at radius 3 is 2.65 bits per heavy atom. The number of benzene rings is 3. The van der Waals surface area contributed by atoms with Crippen LogP contribution in [0.25, 0.3) is 6.08 Å².